The molecule has 0 bridgehead atoms. The highest BCUT2D eigenvalue weighted by Gasteiger charge is 2.47. The lowest BCUT2D eigenvalue weighted by Gasteiger charge is -2.14. The smallest absolute Gasteiger partial charge is 0.295 e. The molecular formula is C27H28N4O4. The Morgan fingerprint density at radius 3 is 2.11 bits per heavy atom. The Morgan fingerprint density at radius 1 is 0.914 bits per heavy atom. The SMILES string of the molecule is Cc1cc(C(=O)CN2C(=O)[C@@H]3CC=CC[C@H]3C2=O)c(C)n1-c1c(C)n(C)n(-c2ccccc2)c1=O. The minimum atomic E-state index is -0.365. The number of fused-ring (bicyclic) bond motifs is 1. The summed E-state index contributed by atoms with van der Waals surface area (Å²) in [6, 6.07) is 11.1. The van der Waals surface area contributed by atoms with Crippen LogP contribution in [0.5, 0.6) is 0 Å². The second-order valence-electron chi connectivity index (χ2n) is 9.37. The first-order chi connectivity index (χ1) is 16.7. The number of aryl methyl sites for hydroxylation is 1. The van der Waals surface area contributed by atoms with Crippen LogP contribution >= 0.6 is 0 Å². The third kappa shape index (κ3) is 3.43. The van der Waals surface area contributed by atoms with Gasteiger partial charge in [-0.05, 0) is 51.8 Å². The maximum absolute atomic E-state index is 13.5. The number of aromatic nitrogens is 3. The van der Waals surface area contributed by atoms with Crippen LogP contribution in [0.2, 0.25) is 0 Å². The van der Waals surface area contributed by atoms with E-state index in [0.29, 0.717) is 29.8 Å². The van der Waals surface area contributed by atoms with Gasteiger partial charge in [-0.25, -0.2) is 4.68 Å². The normalized spacial score (nSPS) is 19.5. The van der Waals surface area contributed by atoms with Crippen LogP contribution in [0.4, 0.5) is 0 Å². The summed E-state index contributed by atoms with van der Waals surface area (Å²) in [5, 5.41) is 0. The molecule has 180 valence electrons. The Hall–Kier alpha value is -3.94. The molecule has 3 aromatic rings. The van der Waals surface area contributed by atoms with Crippen LogP contribution in [-0.4, -0.2) is 43.0 Å². The van der Waals surface area contributed by atoms with Crippen LogP contribution in [0.3, 0.4) is 0 Å². The number of carbonyl (C=O) groups is 3. The highest BCUT2D eigenvalue weighted by atomic mass is 16.2. The van der Waals surface area contributed by atoms with Crippen molar-refractivity contribution in [3.05, 3.63) is 81.5 Å². The van der Waals surface area contributed by atoms with Crippen molar-refractivity contribution < 1.29 is 14.4 Å². The van der Waals surface area contributed by atoms with E-state index in [0.717, 1.165) is 22.0 Å². The Balaban J connectivity index is 1.50. The lowest BCUT2D eigenvalue weighted by molar-refractivity contribution is -0.139. The van der Waals surface area contributed by atoms with Crippen LogP contribution in [-0.2, 0) is 16.6 Å². The van der Waals surface area contributed by atoms with Gasteiger partial charge in [0.15, 0.2) is 5.78 Å². The van der Waals surface area contributed by atoms with Crippen molar-refractivity contribution >= 4 is 17.6 Å². The number of benzene rings is 1. The fraction of sp³-hybridized carbons (Fsp3) is 0.333. The maximum Gasteiger partial charge on any atom is 0.295 e. The van der Waals surface area contributed by atoms with E-state index in [-0.39, 0.29) is 41.5 Å². The van der Waals surface area contributed by atoms with E-state index >= 15 is 0 Å². The number of likely N-dealkylation sites (tertiary alicyclic amines) is 1. The number of para-hydroxylation sites is 1. The lowest BCUT2D eigenvalue weighted by atomic mass is 9.85. The molecule has 2 atom stereocenters. The van der Waals surface area contributed by atoms with E-state index in [9.17, 15) is 19.2 Å². The van der Waals surface area contributed by atoms with Gasteiger partial charge in [-0.2, -0.15) is 0 Å². The first kappa shape index (κ1) is 22.8. The molecule has 1 aliphatic heterocycles. The van der Waals surface area contributed by atoms with Crippen molar-refractivity contribution in [2.75, 3.05) is 6.54 Å². The second-order valence-corrected chi connectivity index (χ2v) is 9.37. The Labute approximate surface area is 203 Å². The molecule has 35 heavy (non-hydrogen) atoms. The molecule has 0 radical (unpaired) electrons. The monoisotopic (exact) mass is 472 g/mol. The molecular weight excluding hydrogens is 444 g/mol. The summed E-state index contributed by atoms with van der Waals surface area (Å²) in [6.07, 6.45) is 4.93. The van der Waals surface area contributed by atoms with Gasteiger partial charge in [0.05, 0.1) is 29.8 Å². The Kier molecular flexibility index (Phi) is 5.46. The van der Waals surface area contributed by atoms with Crippen molar-refractivity contribution in [2.45, 2.75) is 33.6 Å². The van der Waals surface area contributed by atoms with Gasteiger partial charge < -0.3 is 4.57 Å². The summed E-state index contributed by atoms with van der Waals surface area (Å²) in [4.78, 5) is 53.6. The quantitative estimate of drug-likeness (QED) is 0.325. The maximum atomic E-state index is 13.5. The molecule has 0 spiro atoms. The summed E-state index contributed by atoms with van der Waals surface area (Å²) in [6.45, 7) is 5.22. The molecule has 0 saturated carbocycles. The van der Waals surface area contributed by atoms with Crippen LogP contribution in [0.15, 0.2) is 53.3 Å². The number of hydrogen-bond acceptors (Lipinski definition) is 4. The average Bonchev–Trinajstić information content (AvgIpc) is 3.36. The number of nitrogens with zero attached hydrogens (tertiary/aromatic N) is 4. The molecule has 8 nitrogen and oxygen atoms in total. The number of hydrogen-bond donors (Lipinski definition) is 0. The summed E-state index contributed by atoms with van der Waals surface area (Å²) in [5.74, 6) is -1.57. The van der Waals surface area contributed by atoms with E-state index in [2.05, 4.69) is 0 Å². The largest absolute Gasteiger partial charge is 0.311 e. The molecule has 0 unspecified atom stereocenters. The van der Waals surface area contributed by atoms with Gasteiger partial charge in [0.1, 0.15) is 5.69 Å². The van der Waals surface area contributed by atoms with Gasteiger partial charge in [0, 0.05) is 24.0 Å². The molecule has 2 amide bonds. The molecule has 0 N–H and O–H groups in total. The predicted molar refractivity (Wildman–Crippen MR) is 131 cm³/mol. The molecule has 1 saturated heterocycles. The fourth-order valence-corrected chi connectivity index (χ4v) is 5.45. The number of amides is 2. The summed E-state index contributed by atoms with van der Waals surface area (Å²) in [5.41, 5.74) is 3.51. The second kappa shape index (κ2) is 8.37. The minimum Gasteiger partial charge on any atom is -0.311 e. The van der Waals surface area contributed by atoms with Gasteiger partial charge >= 0.3 is 0 Å². The third-order valence-electron chi connectivity index (χ3n) is 7.38. The van der Waals surface area contributed by atoms with E-state index in [4.69, 9.17) is 0 Å². The van der Waals surface area contributed by atoms with E-state index in [1.807, 2.05) is 63.4 Å². The summed E-state index contributed by atoms with van der Waals surface area (Å²) < 4.78 is 5.19. The Bertz CT molecular complexity index is 1430. The Morgan fingerprint density at radius 2 is 1.51 bits per heavy atom. The number of ketones is 1. The van der Waals surface area contributed by atoms with Crippen LogP contribution in [0.1, 0.15) is 40.3 Å². The highest BCUT2D eigenvalue weighted by molar-refractivity contribution is 6.10. The first-order valence-electron chi connectivity index (χ1n) is 11.8. The minimum absolute atomic E-state index is 0.196. The van der Waals surface area contributed by atoms with Crippen molar-refractivity contribution in [1.29, 1.82) is 0 Å². The average molecular weight is 473 g/mol. The molecule has 1 fully saturated rings. The zero-order chi connectivity index (χ0) is 25.0. The van der Waals surface area contributed by atoms with E-state index in [1.54, 1.807) is 26.9 Å². The van der Waals surface area contributed by atoms with E-state index < -0.39 is 0 Å². The van der Waals surface area contributed by atoms with Crippen molar-refractivity contribution in [2.24, 2.45) is 18.9 Å². The van der Waals surface area contributed by atoms with Crippen LogP contribution < -0.4 is 5.56 Å². The number of rotatable bonds is 5. The molecule has 8 heteroatoms. The molecule has 1 aliphatic carbocycles. The van der Waals surface area contributed by atoms with E-state index in [1.165, 1.54) is 0 Å². The molecule has 1 aromatic carbocycles. The number of Topliss-reactive ketones (excluding diaryl/α,β-unsaturated/α-hetero) is 1. The molecule has 5 rings (SSSR count). The molecule has 3 heterocycles. The van der Waals surface area contributed by atoms with Crippen molar-refractivity contribution in [3.8, 4) is 11.4 Å². The first-order valence-corrected chi connectivity index (χ1v) is 11.8. The van der Waals surface area contributed by atoms with Crippen molar-refractivity contribution in [1.82, 2.24) is 18.8 Å². The van der Waals surface area contributed by atoms with Crippen molar-refractivity contribution in [3.63, 3.8) is 0 Å². The number of imide groups is 1. The highest BCUT2D eigenvalue weighted by Crippen LogP contribution is 2.35. The van der Waals surface area contributed by atoms with Gasteiger partial charge in [-0.1, -0.05) is 30.4 Å². The number of allylic oxidation sites excluding steroid dienone is 2. The summed E-state index contributed by atoms with van der Waals surface area (Å²) >= 11 is 0. The standard InChI is InChI=1S/C27H28N4O4/c1-16-14-22(23(32)15-29-25(33)20-12-8-9-13-21(20)26(29)34)17(2)30(16)24-18(3)28(4)31(27(24)35)19-10-6-5-7-11-19/h5-11,14,20-21H,12-13,15H2,1-4H3/t20-,21-/m1/s1. The van der Waals surface area contributed by atoms with Gasteiger partial charge in [-0.15, -0.1) is 0 Å². The molecule has 2 aliphatic rings. The van der Waals surface area contributed by atoms with Gasteiger partial charge in [0.2, 0.25) is 11.8 Å². The van der Waals surface area contributed by atoms with Gasteiger partial charge in [-0.3, -0.25) is 28.8 Å². The third-order valence-corrected chi connectivity index (χ3v) is 7.38. The van der Waals surface area contributed by atoms with Crippen LogP contribution in [0, 0.1) is 32.6 Å². The van der Waals surface area contributed by atoms with Gasteiger partial charge in [0.25, 0.3) is 5.56 Å². The lowest BCUT2D eigenvalue weighted by Crippen LogP contribution is -2.36. The topological polar surface area (TPSA) is 86.3 Å². The summed E-state index contributed by atoms with van der Waals surface area (Å²) in [7, 11) is 1.83. The predicted octanol–water partition coefficient (Wildman–Crippen LogP) is 3.03. The zero-order valence-electron chi connectivity index (χ0n) is 20.3. The number of carbonyl (C=O) groups excluding carboxylic acids is 3. The van der Waals surface area contributed by atoms with Crippen LogP contribution in [0.25, 0.3) is 11.4 Å². The molecule has 2 aromatic heterocycles. The fourth-order valence-electron chi connectivity index (χ4n) is 5.45. The zero-order valence-corrected chi connectivity index (χ0v) is 20.3.